The van der Waals surface area contributed by atoms with Crippen molar-refractivity contribution in [3.63, 3.8) is 0 Å². The van der Waals surface area contributed by atoms with Crippen molar-refractivity contribution >= 4 is 61.6 Å². The standard InChI is InChI=1S/C49H53F2N7O8S2/c1-6-20-68(64,65)57-38-18-17-37(50)41(42(38)51)43(61)36-25-53-46-35(36)21-32(24-52-46)30-13-15-34(16-14-30)66-19-7-8-40(60)56-45(49(3,4)5)48(63)58-26-33(59)22-39(58)47(62)54-23-29-9-11-31(12-10-29)44-28(2)55-27-67-44/h9-18,21,24-25,27,33,39,45,57,59H,6-8,19-20,22-23,26H2,1-5H3,(H,52,53)(H,54,62)(H,56,60)/t33-,39-,45+/m0/s1. The zero-order valence-corrected chi connectivity index (χ0v) is 39.8. The molecule has 0 aliphatic carbocycles. The number of aromatic amines is 1. The van der Waals surface area contributed by atoms with E-state index >= 15 is 4.39 Å². The Morgan fingerprint density at radius 1 is 1.00 bits per heavy atom. The number of nitrogens with zero attached hydrogens (tertiary/aromatic N) is 3. The highest BCUT2D eigenvalue weighted by atomic mass is 32.2. The minimum absolute atomic E-state index is 0.0427. The van der Waals surface area contributed by atoms with Crippen molar-refractivity contribution in [3.05, 3.63) is 119 Å². The van der Waals surface area contributed by atoms with Gasteiger partial charge in [0.1, 0.15) is 29.3 Å². The summed E-state index contributed by atoms with van der Waals surface area (Å²) in [5.41, 5.74) is 3.96. The van der Waals surface area contributed by atoms with Gasteiger partial charge < -0.3 is 30.4 Å². The molecule has 19 heteroatoms. The van der Waals surface area contributed by atoms with E-state index in [9.17, 15) is 37.1 Å². The molecule has 68 heavy (non-hydrogen) atoms. The number of carbonyl (C=O) groups excluding carboxylic acids is 4. The molecule has 0 bridgehead atoms. The number of aryl methyl sites for hydroxylation is 1. The maximum atomic E-state index is 15.5. The van der Waals surface area contributed by atoms with Crippen LogP contribution in [0, 0.1) is 24.0 Å². The molecule has 1 fully saturated rings. The number of halogens is 2. The normalized spacial score (nSPS) is 15.6. The fourth-order valence-corrected chi connectivity index (χ4v) is 9.93. The number of aromatic nitrogens is 3. The summed E-state index contributed by atoms with van der Waals surface area (Å²) in [5.74, 6) is -4.51. The number of nitrogens with one attached hydrogen (secondary N) is 4. The van der Waals surface area contributed by atoms with E-state index in [1.54, 1.807) is 60.3 Å². The van der Waals surface area contributed by atoms with Crippen molar-refractivity contribution in [2.75, 3.05) is 23.6 Å². The van der Waals surface area contributed by atoms with Crippen molar-refractivity contribution in [1.82, 2.24) is 30.5 Å². The molecule has 358 valence electrons. The number of carbonyl (C=O) groups is 4. The molecule has 6 aromatic rings. The van der Waals surface area contributed by atoms with E-state index in [-0.39, 0.29) is 61.6 Å². The molecule has 0 unspecified atom stereocenters. The molecule has 1 aliphatic heterocycles. The number of hydrogen-bond acceptors (Lipinski definition) is 11. The van der Waals surface area contributed by atoms with Crippen LogP contribution >= 0.6 is 11.3 Å². The smallest absolute Gasteiger partial charge is 0.246 e. The summed E-state index contributed by atoms with van der Waals surface area (Å²) in [6.45, 7) is 9.41. The number of H-pyrrole nitrogens is 1. The number of fused-ring (bicyclic) bond motifs is 1. The zero-order valence-electron chi connectivity index (χ0n) is 38.2. The molecular weight excluding hydrogens is 917 g/mol. The first-order valence-corrected chi connectivity index (χ1v) is 24.6. The van der Waals surface area contributed by atoms with E-state index in [0.29, 0.717) is 28.9 Å². The molecule has 0 saturated carbocycles. The Hall–Kier alpha value is -6.57. The van der Waals surface area contributed by atoms with Gasteiger partial charge in [0.15, 0.2) is 5.82 Å². The Morgan fingerprint density at radius 3 is 2.40 bits per heavy atom. The van der Waals surface area contributed by atoms with Crippen LogP contribution in [0.1, 0.15) is 80.6 Å². The minimum atomic E-state index is -3.92. The lowest BCUT2D eigenvalue weighted by Crippen LogP contribution is -2.57. The van der Waals surface area contributed by atoms with Gasteiger partial charge in [-0.1, -0.05) is 64.1 Å². The monoisotopic (exact) mass is 969 g/mol. The molecule has 15 nitrogen and oxygen atoms in total. The van der Waals surface area contributed by atoms with Gasteiger partial charge in [-0.05, 0) is 72.2 Å². The number of ether oxygens (including phenoxy) is 1. The van der Waals surface area contributed by atoms with Crippen molar-refractivity contribution < 1.29 is 46.2 Å². The van der Waals surface area contributed by atoms with E-state index in [0.717, 1.165) is 33.8 Å². The number of ketones is 1. The number of pyridine rings is 1. The molecule has 1 saturated heterocycles. The molecular formula is C49H53F2N7O8S2. The Morgan fingerprint density at radius 2 is 1.72 bits per heavy atom. The second kappa shape index (κ2) is 20.7. The Bertz CT molecular complexity index is 2930. The molecule has 3 atom stereocenters. The van der Waals surface area contributed by atoms with Gasteiger partial charge in [0.05, 0.1) is 45.8 Å². The van der Waals surface area contributed by atoms with Crippen LogP contribution in [0.15, 0.2) is 84.6 Å². The van der Waals surface area contributed by atoms with Crippen LogP contribution in [0.3, 0.4) is 0 Å². The molecule has 3 amide bonds. The third-order valence-electron chi connectivity index (χ3n) is 11.5. The van der Waals surface area contributed by atoms with Gasteiger partial charge in [-0.2, -0.15) is 0 Å². The molecule has 3 aromatic heterocycles. The number of hydrogen-bond donors (Lipinski definition) is 5. The van der Waals surface area contributed by atoms with Gasteiger partial charge in [0.2, 0.25) is 33.5 Å². The van der Waals surface area contributed by atoms with E-state index < -0.39 is 74.1 Å². The van der Waals surface area contributed by atoms with Gasteiger partial charge in [-0.15, -0.1) is 11.3 Å². The Labute approximate surface area is 396 Å². The predicted molar refractivity (Wildman–Crippen MR) is 255 cm³/mol. The van der Waals surface area contributed by atoms with E-state index in [1.165, 1.54) is 11.1 Å². The number of aliphatic hydroxyl groups excluding tert-OH is 1. The van der Waals surface area contributed by atoms with Crippen LogP contribution in [0.5, 0.6) is 5.75 Å². The van der Waals surface area contributed by atoms with Crippen LogP contribution in [-0.2, 0) is 31.0 Å². The highest BCUT2D eigenvalue weighted by Gasteiger charge is 2.44. The third-order valence-corrected chi connectivity index (χ3v) is 14.0. The maximum absolute atomic E-state index is 15.5. The minimum Gasteiger partial charge on any atom is -0.494 e. The van der Waals surface area contributed by atoms with Gasteiger partial charge in [-0.3, -0.25) is 23.9 Å². The first kappa shape index (κ1) is 49.3. The largest absolute Gasteiger partial charge is 0.494 e. The number of amides is 3. The van der Waals surface area contributed by atoms with Crippen molar-refractivity contribution in [1.29, 1.82) is 0 Å². The zero-order chi connectivity index (χ0) is 48.9. The summed E-state index contributed by atoms with van der Waals surface area (Å²) in [4.78, 5) is 68.4. The van der Waals surface area contributed by atoms with Crippen molar-refractivity contribution in [2.24, 2.45) is 5.41 Å². The lowest BCUT2D eigenvalue weighted by molar-refractivity contribution is -0.144. The van der Waals surface area contributed by atoms with Crippen molar-refractivity contribution in [3.8, 4) is 27.3 Å². The number of aliphatic hydroxyl groups is 1. The first-order valence-electron chi connectivity index (χ1n) is 22.1. The first-order chi connectivity index (χ1) is 32.3. The van der Waals surface area contributed by atoms with Crippen LogP contribution in [0.2, 0.25) is 0 Å². The van der Waals surface area contributed by atoms with Gasteiger partial charge in [0, 0.05) is 54.8 Å². The summed E-state index contributed by atoms with van der Waals surface area (Å²) in [6, 6.07) is 16.3. The molecule has 0 spiro atoms. The fourth-order valence-electron chi connectivity index (χ4n) is 7.99. The molecule has 0 radical (unpaired) electrons. The second-order valence-electron chi connectivity index (χ2n) is 17.8. The average Bonchev–Trinajstić information content (AvgIpc) is 4.04. The van der Waals surface area contributed by atoms with Gasteiger partial charge in [0.25, 0.3) is 0 Å². The summed E-state index contributed by atoms with van der Waals surface area (Å²) in [5, 5.41) is 16.7. The lowest BCUT2D eigenvalue weighted by Gasteiger charge is -2.35. The number of benzene rings is 3. The number of likely N-dealkylation sites (tertiary alicyclic amines) is 1. The highest BCUT2D eigenvalue weighted by Crippen LogP contribution is 2.32. The summed E-state index contributed by atoms with van der Waals surface area (Å²) < 4.78 is 63.1. The highest BCUT2D eigenvalue weighted by molar-refractivity contribution is 7.92. The van der Waals surface area contributed by atoms with E-state index in [1.807, 2.05) is 52.0 Å². The van der Waals surface area contributed by atoms with E-state index in [4.69, 9.17) is 4.74 Å². The Kier molecular flexibility index (Phi) is 15.1. The molecule has 5 N–H and O–H groups in total. The number of sulfonamides is 1. The molecule has 7 rings (SSSR count). The topological polar surface area (TPSA) is 213 Å². The number of anilines is 1. The predicted octanol–water partition coefficient (Wildman–Crippen LogP) is 7.29. The average molecular weight is 970 g/mol. The summed E-state index contributed by atoms with van der Waals surface area (Å²) >= 11 is 1.56. The quantitative estimate of drug-likeness (QED) is 0.0429. The maximum Gasteiger partial charge on any atom is 0.246 e. The van der Waals surface area contributed by atoms with Crippen LogP contribution < -0.4 is 20.1 Å². The molecule has 1 aliphatic rings. The number of thiazole rings is 1. The van der Waals surface area contributed by atoms with Crippen LogP contribution in [0.25, 0.3) is 32.6 Å². The van der Waals surface area contributed by atoms with Crippen molar-refractivity contribution in [2.45, 2.75) is 85.0 Å². The van der Waals surface area contributed by atoms with Crippen LogP contribution in [-0.4, -0.2) is 94.0 Å². The second-order valence-corrected chi connectivity index (χ2v) is 20.5. The third kappa shape index (κ3) is 11.4. The van der Waals surface area contributed by atoms with E-state index in [2.05, 4.69) is 30.3 Å². The SMILES string of the molecule is CCCS(=O)(=O)Nc1ccc(F)c(C(=O)c2c[nH]c3ncc(-c4ccc(OCCCC(=O)N[C@H](C(=O)N5C[C@@H](O)C[C@H]5C(=O)NCc5ccc(-c6scnc6C)cc5)C(C)(C)C)cc4)cc23)c1F. The fraction of sp³-hybridized carbons (Fsp3) is 0.347. The molecule has 3 aromatic carbocycles. The molecule has 4 heterocycles. The number of rotatable bonds is 18. The summed E-state index contributed by atoms with van der Waals surface area (Å²) in [7, 11) is -3.92. The number of β-amino-alcohol motifs (C(OH)–C–C–N with tert-alkyl or cyclic N) is 1. The summed E-state index contributed by atoms with van der Waals surface area (Å²) in [6.07, 6.45) is 2.65. The van der Waals surface area contributed by atoms with Gasteiger partial charge >= 0.3 is 0 Å². The van der Waals surface area contributed by atoms with Gasteiger partial charge in [-0.25, -0.2) is 27.2 Å². The Balaban J connectivity index is 0.923. The van der Waals surface area contributed by atoms with Crippen LogP contribution in [0.4, 0.5) is 14.5 Å². The lowest BCUT2D eigenvalue weighted by atomic mass is 9.85.